The van der Waals surface area contributed by atoms with Crippen LogP contribution in [0.15, 0.2) is 4.99 Å². The Bertz CT molecular complexity index is 761. The fourth-order valence-corrected chi connectivity index (χ4v) is 3.02. The number of thiol groups is 1. The van der Waals surface area contributed by atoms with Gasteiger partial charge in [0.15, 0.2) is 5.96 Å². The fraction of sp³-hybridized carbons (Fsp3) is 0.684. The second kappa shape index (κ2) is 15.7. The standard InChI is InChI=1S/C19H36N8O6S/c1-3-9(2)14(18(32)33)27-16(30)11(5-4-6-24-19(22)23)25-17(31)12(8-34)26-15(29)10(20)7-13(21)28/h9-12,14,34H,3-8,20H2,1-2H3,(H2,21,28)(H,25,31)(H,26,29)(H,27,30)(H,32,33)(H4,22,23,24). The number of aliphatic carboxylic acids is 1. The first kappa shape index (κ1) is 30.9. The first-order chi connectivity index (χ1) is 15.8. The largest absolute Gasteiger partial charge is 0.480 e. The highest BCUT2D eigenvalue weighted by molar-refractivity contribution is 7.80. The van der Waals surface area contributed by atoms with Gasteiger partial charge in [-0.1, -0.05) is 20.3 Å². The molecule has 0 saturated carbocycles. The van der Waals surface area contributed by atoms with E-state index in [-0.39, 0.29) is 30.6 Å². The summed E-state index contributed by atoms with van der Waals surface area (Å²) in [6.07, 6.45) is 0.446. The van der Waals surface area contributed by atoms with Crippen LogP contribution in [0.1, 0.15) is 39.5 Å². The van der Waals surface area contributed by atoms with Crippen molar-refractivity contribution in [2.45, 2.75) is 63.7 Å². The number of guanidine groups is 1. The summed E-state index contributed by atoms with van der Waals surface area (Å²) >= 11 is 4.04. The molecule has 194 valence electrons. The van der Waals surface area contributed by atoms with Crippen molar-refractivity contribution in [1.29, 1.82) is 0 Å². The van der Waals surface area contributed by atoms with E-state index in [1.807, 2.05) is 0 Å². The maximum absolute atomic E-state index is 12.9. The zero-order valence-electron chi connectivity index (χ0n) is 19.3. The molecule has 0 spiro atoms. The minimum absolute atomic E-state index is 0.0790. The molecule has 0 heterocycles. The summed E-state index contributed by atoms with van der Waals surface area (Å²) in [6, 6.07) is -4.77. The molecule has 0 rings (SSSR count). The average molecular weight is 505 g/mol. The molecule has 0 aliphatic carbocycles. The molecule has 4 amide bonds. The number of rotatable bonds is 16. The summed E-state index contributed by atoms with van der Waals surface area (Å²) in [5.74, 6) is -4.93. The highest BCUT2D eigenvalue weighted by atomic mass is 32.1. The lowest BCUT2D eigenvalue weighted by Gasteiger charge is -2.26. The topological polar surface area (TPSA) is 258 Å². The second-order valence-electron chi connectivity index (χ2n) is 7.74. The Morgan fingerprint density at radius 3 is 2.00 bits per heavy atom. The molecule has 34 heavy (non-hydrogen) atoms. The molecule has 5 atom stereocenters. The van der Waals surface area contributed by atoms with Crippen LogP contribution >= 0.6 is 12.6 Å². The van der Waals surface area contributed by atoms with Crippen LogP contribution in [0, 0.1) is 5.92 Å². The van der Waals surface area contributed by atoms with Crippen LogP contribution in [0.2, 0.25) is 0 Å². The van der Waals surface area contributed by atoms with E-state index >= 15 is 0 Å². The second-order valence-corrected chi connectivity index (χ2v) is 8.11. The Morgan fingerprint density at radius 2 is 1.53 bits per heavy atom. The maximum atomic E-state index is 12.9. The number of carbonyl (C=O) groups is 5. The van der Waals surface area contributed by atoms with Gasteiger partial charge in [-0.25, -0.2) is 4.79 Å². The van der Waals surface area contributed by atoms with Crippen molar-refractivity contribution < 1.29 is 29.1 Å². The van der Waals surface area contributed by atoms with Crippen LogP contribution in [0.4, 0.5) is 0 Å². The molecule has 15 heteroatoms. The Balaban J connectivity index is 5.46. The first-order valence-electron chi connectivity index (χ1n) is 10.7. The number of nitrogens with two attached hydrogens (primary N) is 4. The van der Waals surface area contributed by atoms with Crippen LogP contribution in [0.5, 0.6) is 0 Å². The van der Waals surface area contributed by atoms with Crippen LogP contribution in [0.25, 0.3) is 0 Å². The number of amides is 4. The van der Waals surface area contributed by atoms with Crippen molar-refractivity contribution >= 4 is 48.2 Å². The molecule has 5 unspecified atom stereocenters. The average Bonchev–Trinajstić information content (AvgIpc) is 2.75. The lowest BCUT2D eigenvalue weighted by Crippen LogP contribution is -2.58. The monoisotopic (exact) mass is 504 g/mol. The van der Waals surface area contributed by atoms with Crippen molar-refractivity contribution in [2.75, 3.05) is 12.3 Å². The van der Waals surface area contributed by atoms with Gasteiger partial charge in [-0.3, -0.25) is 24.2 Å². The third-order valence-electron chi connectivity index (χ3n) is 4.93. The van der Waals surface area contributed by atoms with Crippen molar-refractivity contribution in [3.05, 3.63) is 0 Å². The number of primary amides is 1. The molecule has 0 radical (unpaired) electrons. The molecule has 0 bridgehead atoms. The van der Waals surface area contributed by atoms with Gasteiger partial charge in [-0.2, -0.15) is 12.6 Å². The van der Waals surface area contributed by atoms with Crippen molar-refractivity contribution in [3.63, 3.8) is 0 Å². The number of hydrogen-bond donors (Lipinski definition) is 9. The highest BCUT2D eigenvalue weighted by Crippen LogP contribution is 2.09. The molecule has 0 aromatic carbocycles. The van der Waals surface area contributed by atoms with Gasteiger partial charge in [-0.05, 0) is 18.8 Å². The molecule has 0 aromatic rings. The summed E-state index contributed by atoms with van der Waals surface area (Å²) in [6.45, 7) is 3.63. The number of carboxylic acids is 1. The van der Waals surface area contributed by atoms with Gasteiger partial charge in [0.25, 0.3) is 0 Å². The fourth-order valence-electron chi connectivity index (χ4n) is 2.76. The first-order valence-corrected chi connectivity index (χ1v) is 11.3. The Labute approximate surface area is 203 Å². The Hall–Kier alpha value is -3.07. The summed E-state index contributed by atoms with van der Waals surface area (Å²) < 4.78 is 0. The van der Waals surface area contributed by atoms with E-state index in [1.54, 1.807) is 13.8 Å². The van der Waals surface area contributed by atoms with Crippen LogP contribution in [-0.4, -0.2) is 77.1 Å². The van der Waals surface area contributed by atoms with E-state index in [0.717, 1.165) is 0 Å². The van der Waals surface area contributed by atoms with Crippen LogP contribution in [-0.2, 0) is 24.0 Å². The summed E-state index contributed by atoms with van der Waals surface area (Å²) in [4.78, 5) is 64.1. The van der Waals surface area contributed by atoms with Crippen molar-refractivity contribution in [2.24, 2.45) is 33.8 Å². The predicted octanol–water partition coefficient (Wildman–Crippen LogP) is -3.24. The molecular weight excluding hydrogens is 468 g/mol. The SMILES string of the molecule is CCC(C)C(NC(=O)C(CCCN=C(N)N)NC(=O)C(CS)NC(=O)C(N)CC(N)=O)C(=O)O. The number of carboxylic acid groups (broad SMARTS) is 1. The van der Waals surface area contributed by atoms with Gasteiger partial charge >= 0.3 is 5.97 Å². The molecular formula is C19H36N8O6S. The number of carbonyl (C=O) groups excluding carboxylic acids is 4. The number of nitrogens with one attached hydrogen (secondary N) is 3. The maximum Gasteiger partial charge on any atom is 0.326 e. The lowest BCUT2D eigenvalue weighted by atomic mass is 9.98. The van der Waals surface area contributed by atoms with E-state index in [9.17, 15) is 29.1 Å². The zero-order valence-corrected chi connectivity index (χ0v) is 20.2. The molecule has 0 fully saturated rings. The van der Waals surface area contributed by atoms with Gasteiger partial charge < -0.3 is 44.0 Å². The normalized spacial score (nSPS) is 15.1. The number of nitrogens with zero attached hydrogens (tertiary/aromatic N) is 1. The molecule has 0 aliphatic heterocycles. The molecule has 0 aliphatic rings. The molecule has 12 N–H and O–H groups in total. The molecule has 0 saturated heterocycles. The van der Waals surface area contributed by atoms with Crippen LogP contribution < -0.4 is 38.9 Å². The third-order valence-corrected chi connectivity index (χ3v) is 5.29. The minimum Gasteiger partial charge on any atom is -0.480 e. The van der Waals surface area contributed by atoms with Gasteiger partial charge in [0.2, 0.25) is 23.6 Å². The predicted molar refractivity (Wildman–Crippen MR) is 128 cm³/mol. The smallest absolute Gasteiger partial charge is 0.326 e. The van der Waals surface area contributed by atoms with Gasteiger partial charge in [-0.15, -0.1) is 0 Å². The van der Waals surface area contributed by atoms with Gasteiger partial charge in [0, 0.05) is 12.3 Å². The third kappa shape index (κ3) is 11.7. The van der Waals surface area contributed by atoms with E-state index in [0.29, 0.717) is 12.8 Å². The number of hydrogen-bond acceptors (Lipinski definition) is 8. The zero-order chi connectivity index (χ0) is 26.4. The van der Waals surface area contributed by atoms with Gasteiger partial charge in [0.1, 0.15) is 18.1 Å². The Kier molecular flexibility index (Phi) is 14.3. The quantitative estimate of drug-likeness (QED) is 0.0442. The molecule has 0 aromatic heterocycles. The van der Waals surface area contributed by atoms with E-state index in [4.69, 9.17) is 22.9 Å². The summed E-state index contributed by atoms with van der Waals surface area (Å²) in [5, 5.41) is 16.7. The Morgan fingerprint density at radius 1 is 0.971 bits per heavy atom. The van der Waals surface area contributed by atoms with Gasteiger partial charge in [0.05, 0.1) is 12.5 Å². The van der Waals surface area contributed by atoms with Crippen LogP contribution in [0.3, 0.4) is 0 Å². The van der Waals surface area contributed by atoms with E-state index in [2.05, 4.69) is 33.6 Å². The van der Waals surface area contributed by atoms with E-state index in [1.165, 1.54) is 0 Å². The number of aliphatic imine (C=N–C) groups is 1. The summed E-state index contributed by atoms with van der Waals surface area (Å²) in [5.41, 5.74) is 21.2. The van der Waals surface area contributed by atoms with Crippen molar-refractivity contribution in [1.82, 2.24) is 16.0 Å². The van der Waals surface area contributed by atoms with E-state index < -0.39 is 60.2 Å². The lowest BCUT2D eigenvalue weighted by molar-refractivity contribution is -0.143. The molecule has 14 nitrogen and oxygen atoms in total. The summed E-state index contributed by atoms with van der Waals surface area (Å²) in [7, 11) is 0. The minimum atomic E-state index is -1.27. The highest BCUT2D eigenvalue weighted by Gasteiger charge is 2.31. The van der Waals surface area contributed by atoms with Crippen molar-refractivity contribution in [3.8, 4) is 0 Å².